The van der Waals surface area contributed by atoms with E-state index in [0.717, 1.165) is 31.4 Å². The highest BCUT2D eigenvalue weighted by atomic mass is 35.5. The average Bonchev–Trinajstić information content (AvgIpc) is 3.22. The number of anilines is 1. The smallest absolute Gasteiger partial charge is 0.263 e. The molecule has 1 saturated heterocycles. The van der Waals surface area contributed by atoms with Crippen molar-refractivity contribution in [1.82, 2.24) is 19.0 Å². The normalized spacial score (nSPS) is 15.1. The zero-order valence-corrected chi connectivity index (χ0v) is 21.3. The molecular formula is C23H34ClN5O3S. The molecule has 0 saturated carbocycles. The Hall–Kier alpha value is -2.10. The number of hydrogen-bond acceptors (Lipinski definition) is 5. The van der Waals surface area contributed by atoms with Gasteiger partial charge in [-0.05, 0) is 25.0 Å². The number of amides is 1. The van der Waals surface area contributed by atoms with Crippen molar-refractivity contribution in [2.24, 2.45) is 7.05 Å². The molecule has 1 amide bonds. The van der Waals surface area contributed by atoms with E-state index in [9.17, 15) is 13.2 Å². The summed E-state index contributed by atoms with van der Waals surface area (Å²) >= 11 is 6.31. The number of sulfonamides is 1. The number of unbranched alkanes of at least 4 members (excludes halogenated alkanes) is 2. The van der Waals surface area contributed by atoms with Crippen LogP contribution in [0.1, 0.15) is 49.9 Å². The Labute approximate surface area is 202 Å². The standard InChI is InChI=1S/C23H34ClN5O3S/c1-4-6-12-28(13-7-5-2)23(30)19-18-26(3)25-22(19)33(31,32)29-16-14-27(15-17-29)21-11-9-8-10-20(21)24/h8-11,18H,4-7,12-17H2,1-3H3. The number of para-hydroxylation sites is 1. The molecule has 1 aromatic heterocycles. The lowest BCUT2D eigenvalue weighted by atomic mass is 10.2. The molecule has 33 heavy (non-hydrogen) atoms. The highest BCUT2D eigenvalue weighted by Gasteiger charge is 2.35. The Bertz CT molecular complexity index is 1040. The van der Waals surface area contributed by atoms with Crippen LogP contribution in [0.5, 0.6) is 0 Å². The molecule has 0 atom stereocenters. The van der Waals surface area contributed by atoms with Gasteiger partial charge in [0.1, 0.15) is 0 Å². The van der Waals surface area contributed by atoms with Crippen molar-refractivity contribution in [2.75, 3.05) is 44.2 Å². The van der Waals surface area contributed by atoms with Crippen LogP contribution in [-0.2, 0) is 17.1 Å². The summed E-state index contributed by atoms with van der Waals surface area (Å²) in [6, 6.07) is 7.55. The molecular weight excluding hydrogens is 462 g/mol. The second kappa shape index (κ2) is 11.4. The van der Waals surface area contributed by atoms with Gasteiger partial charge in [0.25, 0.3) is 15.9 Å². The average molecular weight is 496 g/mol. The van der Waals surface area contributed by atoms with E-state index in [1.54, 1.807) is 11.9 Å². The third-order valence-electron chi connectivity index (χ3n) is 5.89. The number of benzene rings is 1. The number of halogens is 1. The number of nitrogens with zero attached hydrogens (tertiary/aromatic N) is 5. The Kier molecular flexibility index (Phi) is 8.78. The van der Waals surface area contributed by atoms with Crippen LogP contribution in [0, 0.1) is 0 Å². The SMILES string of the molecule is CCCCN(CCCC)C(=O)c1cn(C)nc1S(=O)(=O)N1CCN(c2ccccc2Cl)CC1. The molecule has 0 radical (unpaired) electrons. The van der Waals surface area contributed by atoms with E-state index in [0.29, 0.717) is 44.3 Å². The van der Waals surface area contributed by atoms with Crippen molar-refractivity contribution in [3.63, 3.8) is 0 Å². The van der Waals surface area contributed by atoms with Gasteiger partial charge in [-0.25, -0.2) is 8.42 Å². The highest BCUT2D eigenvalue weighted by Crippen LogP contribution is 2.28. The van der Waals surface area contributed by atoms with Gasteiger partial charge < -0.3 is 9.80 Å². The fraction of sp³-hybridized carbons (Fsp3) is 0.565. The van der Waals surface area contributed by atoms with Crippen LogP contribution >= 0.6 is 11.6 Å². The van der Waals surface area contributed by atoms with Crippen LogP contribution in [0.2, 0.25) is 5.02 Å². The van der Waals surface area contributed by atoms with Crippen molar-refractivity contribution in [1.29, 1.82) is 0 Å². The third-order valence-corrected chi connectivity index (χ3v) is 8.05. The van der Waals surface area contributed by atoms with E-state index in [1.165, 1.54) is 15.2 Å². The van der Waals surface area contributed by atoms with Crippen LogP contribution in [0.25, 0.3) is 0 Å². The van der Waals surface area contributed by atoms with Gasteiger partial charge in [0.05, 0.1) is 16.3 Å². The van der Waals surface area contributed by atoms with E-state index < -0.39 is 10.0 Å². The van der Waals surface area contributed by atoms with Crippen molar-refractivity contribution >= 4 is 33.2 Å². The fourth-order valence-electron chi connectivity index (χ4n) is 3.99. The Morgan fingerprint density at radius 3 is 2.24 bits per heavy atom. The van der Waals surface area contributed by atoms with Gasteiger partial charge in [0.15, 0.2) is 0 Å². The maximum Gasteiger partial charge on any atom is 0.263 e. The molecule has 0 N–H and O–H groups in total. The lowest BCUT2D eigenvalue weighted by Crippen LogP contribution is -2.49. The van der Waals surface area contributed by atoms with Gasteiger partial charge in [0.2, 0.25) is 5.03 Å². The third kappa shape index (κ3) is 5.88. The number of piperazine rings is 1. The minimum absolute atomic E-state index is 0.151. The second-order valence-corrected chi connectivity index (χ2v) is 10.6. The first-order valence-corrected chi connectivity index (χ1v) is 13.4. The maximum atomic E-state index is 13.5. The molecule has 1 aromatic carbocycles. The topological polar surface area (TPSA) is 78.8 Å². The van der Waals surface area contributed by atoms with Crippen LogP contribution < -0.4 is 4.90 Å². The summed E-state index contributed by atoms with van der Waals surface area (Å²) in [7, 11) is -2.27. The summed E-state index contributed by atoms with van der Waals surface area (Å²) in [5, 5.41) is 4.71. The molecule has 0 spiro atoms. The largest absolute Gasteiger partial charge is 0.368 e. The molecule has 0 aliphatic carbocycles. The van der Waals surface area contributed by atoms with Crippen LogP contribution in [-0.4, -0.2) is 72.6 Å². The lowest BCUT2D eigenvalue weighted by Gasteiger charge is -2.35. The highest BCUT2D eigenvalue weighted by molar-refractivity contribution is 7.89. The summed E-state index contributed by atoms with van der Waals surface area (Å²) in [5.74, 6) is -0.265. The molecule has 10 heteroatoms. The number of aryl methyl sites for hydroxylation is 1. The molecule has 0 bridgehead atoms. The Balaban J connectivity index is 1.80. The first-order chi connectivity index (χ1) is 15.8. The number of carbonyl (C=O) groups excluding carboxylic acids is 1. The van der Waals surface area contributed by atoms with Gasteiger partial charge in [-0.2, -0.15) is 9.40 Å². The zero-order chi connectivity index (χ0) is 24.0. The minimum atomic E-state index is -3.91. The monoisotopic (exact) mass is 495 g/mol. The molecule has 1 aliphatic rings. The van der Waals surface area contributed by atoms with Crippen LogP contribution in [0.15, 0.2) is 35.5 Å². The van der Waals surface area contributed by atoms with Crippen LogP contribution in [0.4, 0.5) is 5.69 Å². The molecule has 0 unspecified atom stereocenters. The molecule has 2 aromatic rings. The van der Waals surface area contributed by atoms with Gasteiger partial charge in [0, 0.05) is 52.5 Å². The fourth-order valence-corrected chi connectivity index (χ4v) is 5.78. The lowest BCUT2D eigenvalue weighted by molar-refractivity contribution is 0.0747. The summed E-state index contributed by atoms with van der Waals surface area (Å²) in [6.07, 6.45) is 5.21. The molecule has 1 fully saturated rings. The van der Waals surface area contributed by atoms with Crippen molar-refractivity contribution in [3.05, 3.63) is 41.0 Å². The van der Waals surface area contributed by atoms with Crippen LogP contribution in [0.3, 0.4) is 0 Å². The van der Waals surface area contributed by atoms with Gasteiger partial charge >= 0.3 is 0 Å². The van der Waals surface area contributed by atoms with E-state index in [2.05, 4.69) is 23.8 Å². The first kappa shape index (κ1) is 25.5. The quantitative estimate of drug-likeness (QED) is 0.503. The Morgan fingerprint density at radius 2 is 1.67 bits per heavy atom. The summed E-state index contributed by atoms with van der Waals surface area (Å²) in [6.45, 7) is 6.99. The summed E-state index contributed by atoms with van der Waals surface area (Å²) in [5.41, 5.74) is 1.05. The van der Waals surface area contributed by atoms with Gasteiger partial charge in [-0.1, -0.05) is 50.4 Å². The maximum absolute atomic E-state index is 13.5. The van der Waals surface area contributed by atoms with Gasteiger partial charge in [-0.15, -0.1) is 0 Å². The van der Waals surface area contributed by atoms with E-state index in [-0.39, 0.29) is 16.5 Å². The number of aromatic nitrogens is 2. The zero-order valence-electron chi connectivity index (χ0n) is 19.7. The number of carbonyl (C=O) groups is 1. The predicted octanol–water partition coefficient (Wildman–Crippen LogP) is 3.63. The summed E-state index contributed by atoms with van der Waals surface area (Å²) < 4.78 is 29.9. The predicted molar refractivity (Wildman–Crippen MR) is 131 cm³/mol. The molecule has 2 heterocycles. The van der Waals surface area contributed by atoms with E-state index in [4.69, 9.17) is 11.6 Å². The van der Waals surface area contributed by atoms with Crippen molar-refractivity contribution < 1.29 is 13.2 Å². The van der Waals surface area contributed by atoms with Crippen molar-refractivity contribution in [3.8, 4) is 0 Å². The van der Waals surface area contributed by atoms with E-state index in [1.807, 2.05) is 24.3 Å². The molecule has 3 rings (SSSR count). The molecule has 8 nitrogen and oxygen atoms in total. The summed E-state index contributed by atoms with van der Waals surface area (Å²) in [4.78, 5) is 17.2. The molecule has 182 valence electrons. The Morgan fingerprint density at radius 1 is 1.06 bits per heavy atom. The van der Waals surface area contributed by atoms with Crippen molar-refractivity contribution in [2.45, 2.75) is 44.6 Å². The minimum Gasteiger partial charge on any atom is -0.368 e. The molecule has 1 aliphatic heterocycles. The van der Waals surface area contributed by atoms with E-state index >= 15 is 0 Å². The first-order valence-electron chi connectivity index (χ1n) is 11.6. The number of rotatable bonds is 10. The van der Waals surface area contributed by atoms with Gasteiger partial charge in [-0.3, -0.25) is 9.48 Å². The second-order valence-electron chi connectivity index (χ2n) is 8.36. The number of hydrogen-bond donors (Lipinski definition) is 0.